The van der Waals surface area contributed by atoms with Gasteiger partial charge in [-0.3, -0.25) is 4.68 Å². The van der Waals surface area contributed by atoms with Crippen molar-refractivity contribution in [1.29, 1.82) is 0 Å². The molecule has 1 aromatic heterocycles. The van der Waals surface area contributed by atoms with Gasteiger partial charge in [0.05, 0.1) is 22.3 Å². The Hall–Kier alpha value is -1.55. The highest BCUT2D eigenvalue weighted by atomic mass is 35.5. The summed E-state index contributed by atoms with van der Waals surface area (Å²) < 4.78 is 7.02. The lowest BCUT2D eigenvalue weighted by Gasteiger charge is -2.19. The SMILES string of the molecule is Cn1ncc2c(Cl)c(C(=O)OC(C)(C)C)ccc21. The molecule has 0 atom stereocenters. The number of nitrogens with zero attached hydrogens (tertiary/aromatic N) is 2. The van der Waals surface area contributed by atoms with Crippen LogP contribution in [0.1, 0.15) is 31.1 Å². The predicted octanol–water partition coefficient (Wildman–Crippen LogP) is 3.18. The molecule has 0 amide bonds. The van der Waals surface area contributed by atoms with Crippen LogP contribution in [0.4, 0.5) is 0 Å². The first-order valence-corrected chi connectivity index (χ1v) is 6.01. The van der Waals surface area contributed by atoms with Gasteiger partial charge in [0.2, 0.25) is 0 Å². The Balaban J connectivity index is 2.46. The van der Waals surface area contributed by atoms with Gasteiger partial charge < -0.3 is 4.74 Å². The molecule has 18 heavy (non-hydrogen) atoms. The van der Waals surface area contributed by atoms with Crippen LogP contribution in [0.3, 0.4) is 0 Å². The van der Waals surface area contributed by atoms with Crippen molar-refractivity contribution in [3.63, 3.8) is 0 Å². The van der Waals surface area contributed by atoms with Gasteiger partial charge in [0.15, 0.2) is 0 Å². The molecule has 0 N–H and O–H groups in total. The van der Waals surface area contributed by atoms with Crippen molar-refractivity contribution in [3.05, 3.63) is 28.9 Å². The first-order valence-electron chi connectivity index (χ1n) is 5.63. The van der Waals surface area contributed by atoms with Gasteiger partial charge in [0, 0.05) is 12.4 Å². The molecule has 0 radical (unpaired) electrons. The normalized spacial score (nSPS) is 11.8. The van der Waals surface area contributed by atoms with Crippen LogP contribution < -0.4 is 0 Å². The number of aromatic nitrogens is 2. The van der Waals surface area contributed by atoms with E-state index in [2.05, 4.69) is 5.10 Å². The summed E-state index contributed by atoms with van der Waals surface area (Å²) in [5, 5.41) is 5.25. The zero-order chi connectivity index (χ0) is 13.5. The Bertz CT molecular complexity index is 611. The Morgan fingerprint density at radius 3 is 2.67 bits per heavy atom. The Kier molecular flexibility index (Phi) is 3.07. The quantitative estimate of drug-likeness (QED) is 0.745. The van der Waals surface area contributed by atoms with Crippen LogP contribution in [0.5, 0.6) is 0 Å². The van der Waals surface area contributed by atoms with Crippen molar-refractivity contribution >= 4 is 28.5 Å². The summed E-state index contributed by atoms with van der Waals surface area (Å²) in [4.78, 5) is 12.0. The molecular weight excluding hydrogens is 252 g/mol. The maximum atomic E-state index is 12.0. The van der Waals surface area contributed by atoms with Crippen molar-refractivity contribution in [2.45, 2.75) is 26.4 Å². The van der Waals surface area contributed by atoms with E-state index in [0.29, 0.717) is 10.6 Å². The summed E-state index contributed by atoms with van der Waals surface area (Å²) in [5.41, 5.74) is 0.712. The van der Waals surface area contributed by atoms with E-state index < -0.39 is 11.6 Å². The van der Waals surface area contributed by atoms with Crippen LogP contribution in [-0.4, -0.2) is 21.4 Å². The van der Waals surface area contributed by atoms with Gasteiger partial charge in [0.1, 0.15) is 5.60 Å². The lowest BCUT2D eigenvalue weighted by Crippen LogP contribution is -2.24. The minimum Gasteiger partial charge on any atom is -0.456 e. The highest BCUT2D eigenvalue weighted by Crippen LogP contribution is 2.28. The van der Waals surface area contributed by atoms with E-state index >= 15 is 0 Å². The van der Waals surface area contributed by atoms with Crippen molar-refractivity contribution in [1.82, 2.24) is 9.78 Å². The summed E-state index contributed by atoms with van der Waals surface area (Å²) in [6.45, 7) is 5.46. The van der Waals surface area contributed by atoms with Crippen molar-refractivity contribution < 1.29 is 9.53 Å². The predicted molar refractivity (Wildman–Crippen MR) is 70.9 cm³/mol. The smallest absolute Gasteiger partial charge is 0.340 e. The number of fused-ring (bicyclic) bond motifs is 1. The standard InChI is InChI=1S/C13H15ClN2O2/c1-13(2,3)18-12(17)8-5-6-10-9(11(8)14)7-15-16(10)4/h5-7H,1-4H3. The van der Waals surface area contributed by atoms with Gasteiger partial charge >= 0.3 is 5.97 Å². The maximum Gasteiger partial charge on any atom is 0.340 e. The van der Waals surface area contributed by atoms with Gasteiger partial charge in [-0.1, -0.05) is 11.6 Å². The molecule has 96 valence electrons. The summed E-state index contributed by atoms with van der Waals surface area (Å²) in [6.07, 6.45) is 1.64. The number of hydrogen-bond donors (Lipinski definition) is 0. The lowest BCUT2D eigenvalue weighted by atomic mass is 10.1. The van der Waals surface area contributed by atoms with E-state index in [1.165, 1.54) is 0 Å². The van der Waals surface area contributed by atoms with Gasteiger partial charge in [-0.2, -0.15) is 5.10 Å². The molecule has 0 aliphatic heterocycles. The number of esters is 1. The van der Waals surface area contributed by atoms with Crippen LogP contribution in [0.2, 0.25) is 5.02 Å². The van der Waals surface area contributed by atoms with Gasteiger partial charge in [-0.15, -0.1) is 0 Å². The molecule has 2 aromatic rings. The van der Waals surface area contributed by atoms with E-state index in [9.17, 15) is 4.79 Å². The number of carbonyl (C=O) groups excluding carboxylic acids is 1. The third-order valence-electron chi connectivity index (χ3n) is 2.48. The molecular formula is C13H15ClN2O2. The fourth-order valence-corrected chi connectivity index (χ4v) is 1.97. The number of hydrogen-bond acceptors (Lipinski definition) is 3. The molecule has 2 rings (SSSR count). The molecule has 1 aromatic carbocycles. The highest BCUT2D eigenvalue weighted by Gasteiger charge is 2.21. The van der Waals surface area contributed by atoms with Crippen molar-refractivity contribution in [2.24, 2.45) is 7.05 Å². The second-order valence-electron chi connectivity index (χ2n) is 5.13. The average Bonchev–Trinajstić information content (AvgIpc) is 2.59. The average molecular weight is 267 g/mol. The third-order valence-corrected chi connectivity index (χ3v) is 2.89. The fraction of sp³-hybridized carbons (Fsp3) is 0.385. The van der Waals surface area contributed by atoms with Crippen molar-refractivity contribution in [3.8, 4) is 0 Å². The molecule has 4 nitrogen and oxygen atoms in total. The van der Waals surface area contributed by atoms with Crippen LogP contribution in [0.25, 0.3) is 10.9 Å². The molecule has 5 heteroatoms. The minimum atomic E-state index is -0.537. The second-order valence-corrected chi connectivity index (χ2v) is 5.51. The zero-order valence-corrected chi connectivity index (χ0v) is 11.6. The molecule has 0 aliphatic carbocycles. The molecule has 0 unspecified atom stereocenters. The summed E-state index contributed by atoms with van der Waals surface area (Å²) in [5.74, 6) is -0.418. The van der Waals surface area contributed by atoms with E-state index in [1.807, 2.05) is 33.9 Å². The largest absolute Gasteiger partial charge is 0.456 e. The highest BCUT2D eigenvalue weighted by molar-refractivity contribution is 6.38. The summed E-state index contributed by atoms with van der Waals surface area (Å²) in [6, 6.07) is 3.48. The third kappa shape index (κ3) is 2.34. The second kappa shape index (κ2) is 4.28. The van der Waals surface area contributed by atoms with Gasteiger partial charge in [0.25, 0.3) is 0 Å². The van der Waals surface area contributed by atoms with Crippen LogP contribution in [-0.2, 0) is 11.8 Å². The number of benzene rings is 1. The van der Waals surface area contributed by atoms with E-state index in [1.54, 1.807) is 16.9 Å². The minimum absolute atomic E-state index is 0.368. The summed E-state index contributed by atoms with van der Waals surface area (Å²) >= 11 is 6.22. The molecule has 0 spiro atoms. The molecule has 0 saturated heterocycles. The maximum absolute atomic E-state index is 12.0. The topological polar surface area (TPSA) is 44.1 Å². The number of halogens is 1. The number of carbonyl (C=O) groups is 1. The van der Waals surface area contributed by atoms with E-state index in [4.69, 9.17) is 16.3 Å². The molecule has 0 saturated carbocycles. The molecule has 1 heterocycles. The lowest BCUT2D eigenvalue weighted by molar-refractivity contribution is 0.00699. The Labute approximate surface area is 110 Å². The van der Waals surface area contributed by atoms with Crippen LogP contribution in [0.15, 0.2) is 18.3 Å². The van der Waals surface area contributed by atoms with Crippen LogP contribution >= 0.6 is 11.6 Å². The van der Waals surface area contributed by atoms with Gasteiger partial charge in [-0.05, 0) is 32.9 Å². The molecule has 0 fully saturated rings. The molecule has 0 aliphatic rings. The summed E-state index contributed by atoms with van der Waals surface area (Å²) in [7, 11) is 1.83. The number of rotatable bonds is 1. The number of ether oxygens (including phenoxy) is 1. The van der Waals surface area contributed by atoms with E-state index in [0.717, 1.165) is 10.9 Å². The first kappa shape index (κ1) is 12.9. The van der Waals surface area contributed by atoms with Crippen molar-refractivity contribution in [2.75, 3.05) is 0 Å². The monoisotopic (exact) mass is 266 g/mol. The number of aryl methyl sites for hydroxylation is 1. The van der Waals surface area contributed by atoms with Crippen LogP contribution in [0, 0.1) is 0 Å². The van der Waals surface area contributed by atoms with Gasteiger partial charge in [-0.25, -0.2) is 4.79 Å². The molecule has 0 bridgehead atoms. The zero-order valence-electron chi connectivity index (χ0n) is 10.8. The Morgan fingerprint density at radius 1 is 1.39 bits per heavy atom. The Morgan fingerprint density at radius 2 is 2.06 bits per heavy atom. The first-order chi connectivity index (χ1) is 8.29. The van der Waals surface area contributed by atoms with E-state index in [-0.39, 0.29) is 0 Å². The fourth-order valence-electron chi connectivity index (χ4n) is 1.68.